The molecular weight excluding hydrogens is 432 g/mol. The maximum atomic E-state index is 12.2. The number of rotatable bonds is 7. The predicted molar refractivity (Wildman–Crippen MR) is 129 cm³/mol. The van der Waals surface area contributed by atoms with Gasteiger partial charge < -0.3 is 10.1 Å². The monoisotopic (exact) mass is 454 g/mol. The third-order valence-corrected chi connectivity index (χ3v) is 5.99. The number of H-pyrrole nitrogens is 1. The number of hydrogen-bond donors (Lipinski definition) is 2. The van der Waals surface area contributed by atoms with Gasteiger partial charge in [0.25, 0.3) is 5.69 Å². The highest BCUT2D eigenvalue weighted by atomic mass is 16.6. The number of benzene rings is 3. The van der Waals surface area contributed by atoms with Crippen LogP contribution in [-0.4, -0.2) is 34.4 Å². The van der Waals surface area contributed by atoms with Gasteiger partial charge in [0.1, 0.15) is 6.61 Å². The zero-order valence-electron chi connectivity index (χ0n) is 18.2. The number of hydrogen-bond acceptors (Lipinski definition) is 5. The van der Waals surface area contributed by atoms with Crippen LogP contribution in [0.1, 0.15) is 29.2 Å². The van der Waals surface area contributed by atoms with Gasteiger partial charge in [0.2, 0.25) is 0 Å². The van der Waals surface area contributed by atoms with E-state index in [9.17, 15) is 14.9 Å². The van der Waals surface area contributed by atoms with Crippen LogP contribution in [0.3, 0.4) is 0 Å². The van der Waals surface area contributed by atoms with E-state index in [0.717, 1.165) is 5.39 Å². The molecule has 1 heterocycles. The van der Waals surface area contributed by atoms with E-state index in [4.69, 9.17) is 4.74 Å². The molecule has 3 aromatic carbocycles. The first-order valence-corrected chi connectivity index (χ1v) is 11.0. The Hall–Kier alpha value is -4.46. The number of aromatic amines is 1. The van der Waals surface area contributed by atoms with Gasteiger partial charge >= 0.3 is 6.09 Å². The molecule has 1 amide bonds. The SMILES string of the molecule is O=C(NCCC=Cc1n[nH]c2cc([N+](=O)[O-])ccc12)OCC1c2ccccc2-c2ccccc21. The van der Waals surface area contributed by atoms with Crippen LogP contribution in [0.25, 0.3) is 28.1 Å². The summed E-state index contributed by atoms with van der Waals surface area (Å²) in [6.45, 7) is 0.697. The maximum Gasteiger partial charge on any atom is 0.407 e. The van der Waals surface area contributed by atoms with E-state index in [-0.39, 0.29) is 18.2 Å². The van der Waals surface area contributed by atoms with Gasteiger partial charge in [0.05, 0.1) is 16.1 Å². The van der Waals surface area contributed by atoms with Crippen molar-refractivity contribution in [2.45, 2.75) is 12.3 Å². The van der Waals surface area contributed by atoms with E-state index in [0.29, 0.717) is 24.2 Å². The summed E-state index contributed by atoms with van der Waals surface area (Å²) in [6, 6.07) is 21.0. The van der Waals surface area contributed by atoms with Crippen LogP contribution >= 0.6 is 0 Å². The lowest BCUT2D eigenvalue weighted by Gasteiger charge is -2.14. The topological polar surface area (TPSA) is 110 Å². The van der Waals surface area contributed by atoms with Gasteiger partial charge in [-0.05, 0) is 40.8 Å². The van der Waals surface area contributed by atoms with Crippen molar-refractivity contribution in [3.63, 3.8) is 0 Å². The molecule has 0 aliphatic heterocycles. The molecule has 0 saturated heterocycles. The molecule has 1 aliphatic carbocycles. The first kappa shape index (κ1) is 21.4. The fourth-order valence-electron chi connectivity index (χ4n) is 4.37. The molecule has 0 unspecified atom stereocenters. The van der Waals surface area contributed by atoms with Crippen LogP contribution in [0.4, 0.5) is 10.5 Å². The Labute approximate surface area is 195 Å². The minimum absolute atomic E-state index is 0.0129. The van der Waals surface area contributed by atoms with E-state index < -0.39 is 11.0 Å². The number of fused-ring (bicyclic) bond motifs is 4. The standard InChI is InChI=1S/C26H22N4O4/c31-26(34-16-23-20-9-3-1-7-18(20)19-8-2-4-10-21(19)23)27-14-6-5-11-24-22-13-12-17(30(32)33)15-25(22)29-28-24/h1-5,7-13,15,23H,6,14,16H2,(H,27,31)(H,28,29). The van der Waals surface area contributed by atoms with Gasteiger partial charge in [0, 0.05) is 30.0 Å². The lowest BCUT2D eigenvalue weighted by molar-refractivity contribution is -0.384. The first-order valence-electron chi connectivity index (χ1n) is 11.0. The number of nitrogens with one attached hydrogen (secondary N) is 2. The van der Waals surface area contributed by atoms with Gasteiger partial charge in [-0.2, -0.15) is 5.10 Å². The lowest BCUT2D eigenvalue weighted by atomic mass is 9.98. The van der Waals surface area contributed by atoms with Crippen molar-refractivity contribution in [1.82, 2.24) is 15.5 Å². The van der Waals surface area contributed by atoms with Gasteiger partial charge in [-0.25, -0.2) is 4.79 Å². The van der Waals surface area contributed by atoms with Crippen molar-refractivity contribution in [3.8, 4) is 11.1 Å². The zero-order chi connectivity index (χ0) is 23.5. The normalized spacial score (nSPS) is 12.6. The average molecular weight is 454 g/mol. The van der Waals surface area contributed by atoms with Crippen molar-refractivity contribution < 1.29 is 14.5 Å². The fraction of sp³-hybridized carbons (Fsp3) is 0.154. The van der Waals surface area contributed by atoms with Crippen LogP contribution in [0.5, 0.6) is 0 Å². The second kappa shape index (κ2) is 9.19. The molecule has 8 heteroatoms. The van der Waals surface area contributed by atoms with Crippen LogP contribution in [-0.2, 0) is 4.74 Å². The van der Waals surface area contributed by atoms with E-state index in [2.05, 4.69) is 39.8 Å². The number of amides is 1. The fourth-order valence-corrected chi connectivity index (χ4v) is 4.37. The van der Waals surface area contributed by atoms with E-state index in [1.54, 1.807) is 6.07 Å². The highest BCUT2D eigenvalue weighted by molar-refractivity contribution is 5.88. The molecular formula is C26H22N4O4. The average Bonchev–Trinajstić information content (AvgIpc) is 3.41. The van der Waals surface area contributed by atoms with Crippen molar-refractivity contribution in [2.24, 2.45) is 0 Å². The van der Waals surface area contributed by atoms with E-state index in [1.807, 2.05) is 36.4 Å². The minimum Gasteiger partial charge on any atom is -0.449 e. The number of nitrogens with zero attached hydrogens (tertiary/aromatic N) is 2. The Balaban J connectivity index is 1.13. The molecule has 0 atom stereocenters. The number of aromatic nitrogens is 2. The van der Waals surface area contributed by atoms with E-state index >= 15 is 0 Å². The molecule has 0 bridgehead atoms. The largest absolute Gasteiger partial charge is 0.449 e. The summed E-state index contributed by atoms with van der Waals surface area (Å²) in [6.07, 6.45) is 3.85. The van der Waals surface area contributed by atoms with Crippen molar-refractivity contribution in [3.05, 3.63) is 99.7 Å². The molecule has 0 radical (unpaired) electrons. The van der Waals surface area contributed by atoms with Gasteiger partial charge in [-0.15, -0.1) is 0 Å². The molecule has 34 heavy (non-hydrogen) atoms. The molecule has 0 saturated carbocycles. The minimum atomic E-state index is -0.451. The highest BCUT2D eigenvalue weighted by Crippen LogP contribution is 2.44. The molecule has 5 rings (SSSR count). The number of carbonyl (C=O) groups is 1. The summed E-state index contributed by atoms with van der Waals surface area (Å²) in [5, 5.41) is 21.5. The second-order valence-corrected chi connectivity index (χ2v) is 8.04. The van der Waals surface area contributed by atoms with Gasteiger partial charge in [-0.3, -0.25) is 15.2 Å². The van der Waals surface area contributed by atoms with Crippen LogP contribution in [0.2, 0.25) is 0 Å². The van der Waals surface area contributed by atoms with Crippen molar-refractivity contribution in [2.75, 3.05) is 13.2 Å². The molecule has 0 fully saturated rings. The summed E-state index contributed by atoms with van der Waals surface area (Å²) in [7, 11) is 0. The number of alkyl carbamates (subject to hydrolysis) is 1. The molecule has 1 aromatic heterocycles. The van der Waals surface area contributed by atoms with Crippen molar-refractivity contribution in [1.29, 1.82) is 0 Å². The second-order valence-electron chi connectivity index (χ2n) is 8.04. The Morgan fingerprint density at radius 2 is 1.79 bits per heavy atom. The summed E-state index contributed by atoms with van der Waals surface area (Å²) in [5.41, 5.74) is 6.04. The van der Waals surface area contributed by atoms with Gasteiger partial charge in [-0.1, -0.05) is 54.6 Å². The van der Waals surface area contributed by atoms with Crippen molar-refractivity contribution >= 4 is 28.8 Å². The maximum absolute atomic E-state index is 12.2. The van der Waals surface area contributed by atoms with Crippen LogP contribution in [0.15, 0.2) is 72.8 Å². The van der Waals surface area contributed by atoms with Crippen LogP contribution < -0.4 is 5.32 Å². The third kappa shape index (κ3) is 4.13. The molecule has 2 N–H and O–H groups in total. The smallest absolute Gasteiger partial charge is 0.407 e. The quantitative estimate of drug-likeness (QED) is 0.220. The zero-order valence-corrected chi connectivity index (χ0v) is 18.2. The Kier molecular flexibility index (Phi) is 5.78. The number of carbonyl (C=O) groups excluding carboxylic acids is 1. The first-order chi connectivity index (χ1) is 16.6. The Bertz CT molecular complexity index is 1360. The Morgan fingerprint density at radius 3 is 2.50 bits per heavy atom. The summed E-state index contributed by atoms with van der Waals surface area (Å²) < 4.78 is 5.53. The number of non-ortho nitro benzene ring substituents is 1. The van der Waals surface area contributed by atoms with E-state index in [1.165, 1.54) is 34.4 Å². The Morgan fingerprint density at radius 1 is 1.09 bits per heavy atom. The molecule has 4 aromatic rings. The highest BCUT2D eigenvalue weighted by Gasteiger charge is 2.28. The molecule has 170 valence electrons. The number of nitro benzene ring substituents is 1. The van der Waals surface area contributed by atoms with Gasteiger partial charge in [0.15, 0.2) is 0 Å². The summed E-state index contributed by atoms with van der Waals surface area (Å²) in [5.74, 6) is 0.0295. The number of ether oxygens (including phenoxy) is 1. The summed E-state index contributed by atoms with van der Waals surface area (Å²) >= 11 is 0. The molecule has 1 aliphatic rings. The number of nitro groups is 1. The lowest BCUT2D eigenvalue weighted by Crippen LogP contribution is -2.26. The third-order valence-electron chi connectivity index (χ3n) is 5.99. The van der Waals surface area contributed by atoms with Crippen LogP contribution in [0, 0.1) is 10.1 Å². The predicted octanol–water partition coefficient (Wildman–Crippen LogP) is 5.41. The summed E-state index contributed by atoms with van der Waals surface area (Å²) in [4.78, 5) is 22.7. The molecule has 8 nitrogen and oxygen atoms in total. The molecule has 0 spiro atoms.